The van der Waals surface area contributed by atoms with Crippen molar-refractivity contribution in [3.8, 4) is 0 Å². The van der Waals surface area contributed by atoms with Crippen LogP contribution in [0.1, 0.15) is 18.5 Å². The minimum atomic E-state index is -1.07. The van der Waals surface area contributed by atoms with Gasteiger partial charge in [0.25, 0.3) is 0 Å². The van der Waals surface area contributed by atoms with Crippen molar-refractivity contribution in [2.45, 2.75) is 13.0 Å². The SMILES string of the molecule is C[C@H](NC(=O)Nc1cccc(F)c1F)c1ccccc1. The number of rotatable bonds is 3. The van der Waals surface area contributed by atoms with Gasteiger partial charge in [-0.15, -0.1) is 0 Å². The average molecular weight is 276 g/mol. The molecule has 2 aromatic rings. The van der Waals surface area contributed by atoms with Gasteiger partial charge in [0, 0.05) is 0 Å². The molecule has 20 heavy (non-hydrogen) atoms. The molecule has 104 valence electrons. The van der Waals surface area contributed by atoms with E-state index in [4.69, 9.17) is 0 Å². The highest BCUT2D eigenvalue weighted by atomic mass is 19.2. The van der Waals surface area contributed by atoms with E-state index in [0.717, 1.165) is 11.6 Å². The predicted molar refractivity (Wildman–Crippen MR) is 73.4 cm³/mol. The summed E-state index contributed by atoms with van der Waals surface area (Å²) in [6.07, 6.45) is 0. The largest absolute Gasteiger partial charge is 0.331 e. The number of nitrogens with one attached hydrogen (secondary N) is 2. The molecule has 0 aromatic heterocycles. The fourth-order valence-electron chi connectivity index (χ4n) is 1.78. The van der Waals surface area contributed by atoms with Crippen LogP contribution in [0, 0.1) is 11.6 Å². The maximum atomic E-state index is 13.4. The van der Waals surface area contributed by atoms with Crippen LogP contribution in [0.15, 0.2) is 48.5 Å². The first-order valence-electron chi connectivity index (χ1n) is 6.14. The fourth-order valence-corrected chi connectivity index (χ4v) is 1.78. The molecule has 0 unspecified atom stereocenters. The van der Waals surface area contributed by atoms with Gasteiger partial charge in [0.15, 0.2) is 11.6 Å². The molecule has 0 saturated heterocycles. The minimum absolute atomic E-state index is 0.192. The van der Waals surface area contributed by atoms with E-state index in [-0.39, 0.29) is 11.7 Å². The van der Waals surface area contributed by atoms with Gasteiger partial charge in [0.2, 0.25) is 0 Å². The molecular formula is C15H14F2N2O. The van der Waals surface area contributed by atoms with Gasteiger partial charge in [0.1, 0.15) is 0 Å². The Bertz CT molecular complexity index is 602. The third kappa shape index (κ3) is 3.32. The Morgan fingerprint density at radius 2 is 1.75 bits per heavy atom. The van der Waals surface area contributed by atoms with E-state index >= 15 is 0 Å². The number of amides is 2. The topological polar surface area (TPSA) is 41.1 Å². The van der Waals surface area contributed by atoms with Crippen molar-refractivity contribution < 1.29 is 13.6 Å². The van der Waals surface area contributed by atoms with E-state index in [1.165, 1.54) is 12.1 Å². The van der Waals surface area contributed by atoms with Crippen molar-refractivity contribution in [2.24, 2.45) is 0 Å². The number of urea groups is 1. The van der Waals surface area contributed by atoms with Crippen LogP contribution in [0.3, 0.4) is 0 Å². The highest BCUT2D eigenvalue weighted by molar-refractivity contribution is 5.89. The molecule has 0 aliphatic carbocycles. The Labute approximate surface area is 115 Å². The van der Waals surface area contributed by atoms with E-state index in [1.54, 1.807) is 6.92 Å². The lowest BCUT2D eigenvalue weighted by molar-refractivity contribution is 0.249. The van der Waals surface area contributed by atoms with Crippen molar-refractivity contribution in [3.05, 3.63) is 65.7 Å². The molecule has 2 amide bonds. The molecule has 2 aromatic carbocycles. The average Bonchev–Trinajstić information content (AvgIpc) is 2.45. The van der Waals surface area contributed by atoms with Crippen LogP contribution in [-0.2, 0) is 0 Å². The van der Waals surface area contributed by atoms with Crippen molar-refractivity contribution in [1.29, 1.82) is 0 Å². The van der Waals surface area contributed by atoms with Crippen LogP contribution < -0.4 is 10.6 Å². The molecule has 0 aliphatic heterocycles. The Balaban J connectivity index is 2.01. The lowest BCUT2D eigenvalue weighted by atomic mass is 10.1. The predicted octanol–water partition coefficient (Wildman–Crippen LogP) is 3.85. The number of carbonyl (C=O) groups is 1. The zero-order valence-corrected chi connectivity index (χ0v) is 10.9. The molecule has 0 saturated carbocycles. The van der Waals surface area contributed by atoms with Gasteiger partial charge in [-0.25, -0.2) is 13.6 Å². The van der Waals surface area contributed by atoms with Gasteiger partial charge in [-0.3, -0.25) is 0 Å². The molecule has 1 atom stereocenters. The van der Waals surface area contributed by atoms with Crippen molar-refractivity contribution in [1.82, 2.24) is 5.32 Å². The molecule has 0 aliphatic rings. The second-order valence-corrected chi connectivity index (χ2v) is 4.33. The second kappa shape index (κ2) is 6.14. The van der Waals surface area contributed by atoms with E-state index in [9.17, 15) is 13.6 Å². The Morgan fingerprint density at radius 1 is 1.05 bits per heavy atom. The maximum Gasteiger partial charge on any atom is 0.319 e. The van der Waals surface area contributed by atoms with Gasteiger partial charge in [-0.05, 0) is 24.6 Å². The van der Waals surface area contributed by atoms with Gasteiger partial charge in [-0.2, -0.15) is 0 Å². The zero-order valence-electron chi connectivity index (χ0n) is 10.9. The number of hydrogen-bond acceptors (Lipinski definition) is 1. The lowest BCUT2D eigenvalue weighted by Crippen LogP contribution is -2.31. The van der Waals surface area contributed by atoms with Crippen LogP contribution in [0.25, 0.3) is 0 Å². The maximum absolute atomic E-state index is 13.4. The van der Waals surface area contributed by atoms with Gasteiger partial charge < -0.3 is 10.6 Å². The van der Waals surface area contributed by atoms with E-state index in [0.29, 0.717) is 0 Å². The summed E-state index contributed by atoms with van der Waals surface area (Å²) in [5, 5.41) is 4.94. The third-order valence-corrected chi connectivity index (χ3v) is 2.85. The van der Waals surface area contributed by atoms with Crippen LogP contribution >= 0.6 is 0 Å². The first-order valence-corrected chi connectivity index (χ1v) is 6.14. The van der Waals surface area contributed by atoms with Crippen LogP contribution in [0.5, 0.6) is 0 Å². The second-order valence-electron chi connectivity index (χ2n) is 4.33. The first kappa shape index (κ1) is 14.0. The van der Waals surface area contributed by atoms with Gasteiger partial charge >= 0.3 is 6.03 Å². The van der Waals surface area contributed by atoms with Crippen molar-refractivity contribution in [2.75, 3.05) is 5.32 Å². The van der Waals surface area contributed by atoms with E-state index < -0.39 is 17.7 Å². The quantitative estimate of drug-likeness (QED) is 0.878. The lowest BCUT2D eigenvalue weighted by Gasteiger charge is -2.15. The van der Waals surface area contributed by atoms with E-state index in [1.807, 2.05) is 30.3 Å². The molecule has 0 radical (unpaired) electrons. The Hall–Kier alpha value is -2.43. The summed E-state index contributed by atoms with van der Waals surface area (Å²) in [4.78, 5) is 11.7. The summed E-state index contributed by atoms with van der Waals surface area (Å²) in [5.41, 5.74) is 0.727. The van der Waals surface area contributed by atoms with Crippen molar-refractivity contribution in [3.63, 3.8) is 0 Å². The summed E-state index contributed by atoms with van der Waals surface area (Å²) in [7, 11) is 0. The number of anilines is 1. The van der Waals surface area contributed by atoms with Crippen LogP contribution in [-0.4, -0.2) is 6.03 Å². The van der Waals surface area contributed by atoms with Crippen LogP contribution in [0.4, 0.5) is 19.3 Å². The molecule has 0 spiro atoms. The van der Waals surface area contributed by atoms with E-state index in [2.05, 4.69) is 10.6 Å². The highest BCUT2D eigenvalue weighted by Crippen LogP contribution is 2.17. The molecule has 0 fully saturated rings. The summed E-state index contributed by atoms with van der Waals surface area (Å²) in [5.74, 6) is -2.08. The number of benzene rings is 2. The van der Waals surface area contributed by atoms with Crippen molar-refractivity contribution >= 4 is 11.7 Å². The molecule has 2 N–H and O–H groups in total. The Morgan fingerprint density at radius 3 is 2.45 bits per heavy atom. The molecule has 0 bridgehead atoms. The number of hydrogen-bond donors (Lipinski definition) is 2. The first-order chi connectivity index (χ1) is 9.58. The molecule has 0 heterocycles. The summed E-state index contributed by atoms with van der Waals surface area (Å²) >= 11 is 0. The summed E-state index contributed by atoms with van der Waals surface area (Å²) in [6, 6.07) is 12.1. The highest BCUT2D eigenvalue weighted by Gasteiger charge is 2.13. The molecular weight excluding hydrogens is 262 g/mol. The van der Waals surface area contributed by atoms with Gasteiger partial charge in [0.05, 0.1) is 11.7 Å². The van der Waals surface area contributed by atoms with Crippen LogP contribution in [0.2, 0.25) is 0 Å². The minimum Gasteiger partial charge on any atom is -0.331 e. The summed E-state index contributed by atoms with van der Waals surface area (Å²) in [6.45, 7) is 1.80. The fraction of sp³-hybridized carbons (Fsp3) is 0.133. The Kier molecular flexibility index (Phi) is 4.30. The number of carbonyl (C=O) groups excluding carboxylic acids is 1. The molecule has 3 nitrogen and oxygen atoms in total. The number of halogens is 2. The normalized spacial score (nSPS) is 11.8. The zero-order chi connectivity index (χ0) is 14.5. The molecule has 2 rings (SSSR count). The smallest absolute Gasteiger partial charge is 0.319 e. The van der Waals surface area contributed by atoms with Gasteiger partial charge in [-0.1, -0.05) is 36.4 Å². The monoisotopic (exact) mass is 276 g/mol. The third-order valence-electron chi connectivity index (χ3n) is 2.85. The summed E-state index contributed by atoms with van der Waals surface area (Å²) < 4.78 is 26.4. The molecule has 5 heteroatoms. The standard InChI is InChI=1S/C15H14F2N2O/c1-10(11-6-3-2-4-7-11)18-15(20)19-13-9-5-8-12(16)14(13)17/h2-10H,1H3,(H2,18,19,20)/t10-/m0/s1.